The fourth-order valence-electron chi connectivity index (χ4n) is 1.32. The molecule has 0 bridgehead atoms. The van der Waals surface area contributed by atoms with Gasteiger partial charge in [0.1, 0.15) is 0 Å². The molecular weight excluding hydrogens is 222 g/mol. The topological polar surface area (TPSA) is 68.0 Å². The van der Waals surface area contributed by atoms with Gasteiger partial charge in [-0.15, -0.1) is 0 Å². The summed E-state index contributed by atoms with van der Waals surface area (Å²) in [7, 11) is 0. The Kier molecular flexibility index (Phi) is 5.11. The van der Waals surface area contributed by atoms with E-state index in [0.29, 0.717) is 11.4 Å². The van der Waals surface area contributed by atoms with E-state index in [-0.39, 0.29) is 11.9 Å². The Labute approximate surface area is 100 Å². The van der Waals surface area contributed by atoms with Gasteiger partial charge in [-0.25, -0.2) is 4.98 Å². The minimum absolute atomic E-state index is 0.170. The van der Waals surface area contributed by atoms with E-state index in [4.69, 9.17) is 5.73 Å². The molecule has 1 atom stereocenters. The van der Waals surface area contributed by atoms with Gasteiger partial charge in [0.25, 0.3) is 5.91 Å². The first kappa shape index (κ1) is 12.8. The number of carbonyl (C=O) groups excluding carboxylic acids is 1. The third-order valence-electron chi connectivity index (χ3n) is 2.25. The largest absolute Gasteiger partial charge is 0.397 e. The quantitative estimate of drug-likeness (QED) is 0.817. The molecule has 4 nitrogen and oxygen atoms in total. The van der Waals surface area contributed by atoms with Gasteiger partial charge in [-0.2, -0.15) is 11.8 Å². The molecule has 0 aliphatic heterocycles. The molecule has 0 aromatic carbocycles. The van der Waals surface area contributed by atoms with Crippen LogP contribution in [0.1, 0.15) is 23.8 Å². The summed E-state index contributed by atoms with van der Waals surface area (Å²) in [5, 5.41) is 2.92. The molecule has 88 valence electrons. The Balaban J connectivity index is 2.68. The molecule has 1 heterocycles. The lowest BCUT2D eigenvalue weighted by Gasteiger charge is -2.15. The molecule has 1 unspecified atom stereocenters. The number of aromatic nitrogens is 1. The van der Waals surface area contributed by atoms with Crippen molar-refractivity contribution in [3.8, 4) is 0 Å². The maximum atomic E-state index is 11.8. The predicted molar refractivity (Wildman–Crippen MR) is 68.6 cm³/mol. The molecule has 16 heavy (non-hydrogen) atoms. The lowest BCUT2D eigenvalue weighted by molar-refractivity contribution is 0.0936. The zero-order valence-electron chi connectivity index (χ0n) is 9.56. The molecule has 3 N–H and O–H groups in total. The van der Waals surface area contributed by atoms with Crippen molar-refractivity contribution in [3.63, 3.8) is 0 Å². The Hall–Kier alpha value is -1.23. The molecule has 1 aromatic heterocycles. The van der Waals surface area contributed by atoms with Crippen LogP contribution in [0.15, 0.2) is 18.3 Å². The first-order chi connectivity index (χ1) is 7.69. The average Bonchev–Trinajstić information content (AvgIpc) is 2.28. The van der Waals surface area contributed by atoms with E-state index in [1.807, 2.05) is 13.2 Å². The number of nitrogens with two attached hydrogens (primary N) is 1. The van der Waals surface area contributed by atoms with Gasteiger partial charge in [0.2, 0.25) is 0 Å². The van der Waals surface area contributed by atoms with Crippen molar-refractivity contribution < 1.29 is 4.79 Å². The summed E-state index contributed by atoms with van der Waals surface area (Å²) in [5.41, 5.74) is 6.41. The third-order valence-corrected chi connectivity index (χ3v) is 2.99. The molecule has 0 saturated carbocycles. The number of nitrogen functional groups attached to an aromatic ring is 1. The number of carbonyl (C=O) groups is 1. The summed E-state index contributed by atoms with van der Waals surface area (Å²) in [6, 6.07) is 3.56. The van der Waals surface area contributed by atoms with Gasteiger partial charge in [-0.1, -0.05) is 6.92 Å². The Morgan fingerprint density at radius 1 is 1.69 bits per heavy atom. The van der Waals surface area contributed by atoms with Crippen LogP contribution in [0, 0.1) is 0 Å². The fourth-order valence-corrected chi connectivity index (χ4v) is 2.05. The lowest BCUT2D eigenvalue weighted by Crippen LogP contribution is -2.36. The Morgan fingerprint density at radius 3 is 3.00 bits per heavy atom. The van der Waals surface area contributed by atoms with Crippen LogP contribution in [-0.4, -0.2) is 28.9 Å². The van der Waals surface area contributed by atoms with Crippen LogP contribution in [0.5, 0.6) is 0 Å². The van der Waals surface area contributed by atoms with Crippen LogP contribution < -0.4 is 11.1 Å². The molecule has 0 fully saturated rings. The van der Waals surface area contributed by atoms with Crippen LogP contribution in [0.3, 0.4) is 0 Å². The summed E-state index contributed by atoms with van der Waals surface area (Å²) < 4.78 is 0. The standard InChI is InChI=1S/C11H17N3OS/c1-3-8(7-16-2)14-11(15)10-9(12)5-4-6-13-10/h4-6,8H,3,7,12H2,1-2H3,(H,14,15). The number of amides is 1. The number of thioether (sulfide) groups is 1. The second kappa shape index (κ2) is 6.37. The molecule has 0 aliphatic rings. The molecule has 0 radical (unpaired) electrons. The van der Waals surface area contributed by atoms with Gasteiger partial charge >= 0.3 is 0 Å². The molecule has 1 amide bonds. The summed E-state index contributed by atoms with van der Waals surface area (Å²) in [6.45, 7) is 2.04. The summed E-state index contributed by atoms with van der Waals surface area (Å²) in [4.78, 5) is 15.8. The van der Waals surface area contributed by atoms with Crippen LogP contribution >= 0.6 is 11.8 Å². The first-order valence-electron chi connectivity index (χ1n) is 5.19. The normalized spacial score (nSPS) is 12.1. The summed E-state index contributed by atoms with van der Waals surface area (Å²) in [6.07, 6.45) is 4.49. The third kappa shape index (κ3) is 3.41. The van der Waals surface area contributed by atoms with E-state index in [1.165, 1.54) is 0 Å². The van der Waals surface area contributed by atoms with E-state index in [2.05, 4.69) is 10.3 Å². The fraction of sp³-hybridized carbons (Fsp3) is 0.455. The van der Waals surface area contributed by atoms with E-state index in [0.717, 1.165) is 12.2 Å². The van der Waals surface area contributed by atoms with Gasteiger partial charge in [0, 0.05) is 18.0 Å². The number of anilines is 1. The van der Waals surface area contributed by atoms with E-state index >= 15 is 0 Å². The molecular formula is C11H17N3OS. The minimum atomic E-state index is -0.195. The highest BCUT2D eigenvalue weighted by Crippen LogP contribution is 2.08. The van der Waals surface area contributed by atoms with Crippen molar-refractivity contribution >= 4 is 23.4 Å². The van der Waals surface area contributed by atoms with Gasteiger partial charge in [-0.05, 0) is 24.8 Å². The number of pyridine rings is 1. The van der Waals surface area contributed by atoms with E-state index in [9.17, 15) is 4.79 Å². The van der Waals surface area contributed by atoms with Crippen LogP contribution in [-0.2, 0) is 0 Å². The van der Waals surface area contributed by atoms with Gasteiger partial charge in [0.15, 0.2) is 5.69 Å². The molecule has 1 aromatic rings. The zero-order valence-corrected chi connectivity index (χ0v) is 10.4. The van der Waals surface area contributed by atoms with Crippen molar-refractivity contribution in [1.29, 1.82) is 0 Å². The molecule has 5 heteroatoms. The van der Waals surface area contributed by atoms with E-state index < -0.39 is 0 Å². The molecule has 1 rings (SSSR count). The predicted octanol–water partition coefficient (Wildman–Crippen LogP) is 1.54. The zero-order chi connectivity index (χ0) is 12.0. The molecule has 0 spiro atoms. The van der Waals surface area contributed by atoms with Crippen LogP contribution in [0.25, 0.3) is 0 Å². The smallest absolute Gasteiger partial charge is 0.272 e. The molecule has 0 saturated heterocycles. The highest BCUT2D eigenvalue weighted by Gasteiger charge is 2.14. The first-order valence-corrected chi connectivity index (χ1v) is 6.58. The SMILES string of the molecule is CCC(CSC)NC(=O)c1ncccc1N. The lowest BCUT2D eigenvalue weighted by atomic mass is 10.2. The van der Waals surface area contributed by atoms with Crippen molar-refractivity contribution in [2.45, 2.75) is 19.4 Å². The number of nitrogens with one attached hydrogen (secondary N) is 1. The van der Waals surface area contributed by atoms with Crippen molar-refractivity contribution in [2.75, 3.05) is 17.7 Å². The van der Waals surface area contributed by atoms with Crippen molar-refractivity contribution in [2.24, 2.45) is 0 Å². The molecule has 0 aliphatic carbocycles. The number of nitrogens with zero attached hydrogens (tertiary/aromatic N) is 1. The number of hydrogen-bond acceptors (Lipinski definition) is 4. The highest BCUT2D eigenvalue weighted by molar-refractivity contribution is 7.98. The van der Waals surface area contributed by atoms with Crippen LogP contribution in [0.2, 0.25) is 0 Å². The summed E-state index contributed by atoms with van der Waals surface area (Å²) in [5.74, 6) is 0.702. The van der Waals surface area contributed by atoms with E-state index in [1.54, 1.807) is 30.1 Å². The summed E-state index contributed by atoms with van der Waals surface area (Å²) >= 11 is 1.71. The monoisotopic (exact) mass is 239 g/mol. The van der Waals surface area contributed by atoms with Gasteiger partial charge in [-0.3, -0.25) is 4.79 Å². The van der Waals surface area contributed by atoms with Gasteiger partial charge in [0.05, 0.1) is 5.69 Å². The van der Waals surface area contributed by atoms with Crippen molar-refractivity contribution in [1.82, 2.24) is 10.3 Å². The minimum Gasteiger partial charge on any atom is -0.397 e. The highest BCUT2D eigenvalue weighted by atomic mass is 32.2. The number of hydrogen-bond donors (Lipinski definition) is 2. The average molecular weight is 239 g/mol. The second-order valence-electron chi connectivity index (χ2n) is 3.48. The van der Waals surface area contributed by atoms with Crippen molar-refractivity contribution in [3.05, 3.63) is 24.0 Å². The second-order valence-corrected chi connectivity index (χ2v) is 4.39. The maximum Gasteiger partial charge on any atom is 0.272 e. The Bertz CT molecular complexity index is 357. The maximum absolute atomic E-state index is 11.8. The van der Waals surface area contributed by atoms with Crippen LogP contribution in [0.4, 0.5) is 5.69 Å². The van der Waals surface area contributed by atoms with Gasteiger partial charge < -0.3 is 11.1 Å². The number of rotatable bonds is 5. The Morgan fingerprint density at radius 2 is 2.44 bits per heavy atom.